The van der Waals surface area contributed by atoms with Gasteiger partial charge in [0.15, 0.2) is 12.0 Å². The number of furan rings is 1. The second kappa shape index (κ2) is 7.50. The Morgan fingerprint density at radius 1 is 1.29 bits per heavy atom. The highest BCUT2D eigenvalue weighted by Crippen LogP contribution is 2.43. The molecule has 1 aliphatic rings. The molecule has 0 fully saturated rings. The summed E-state index contributed by atoms with van der Waals surface area (Å²) in [6, 6.07) is 8.03. The van der Waals surface area contributed by atoms with Gasteiger partial charge in [0.05, 0.1) is 6.04 Å². The highest BCUT2D eigenvalue weighted by atomic mass is 16.4. The van der Waals surface area contributed by atoms with Crippen molar-refractivity contribution in [3.8, 4) is 11.3 Å². The number of amides is 2. The van der Waals surface area contributed by atoms with Crippen LogP contribution in [0.1, 0.15) is 56.3 Å². The van der Waals surface area contributed by atoms with Crippen molar-refractivity contribution in [1.82, 2.24) is 4.90 Å². The van der Waals surface area contributed by atoms with E-state index in [4.69, 9.17) is 4.42 Å². The second-order valence-electron chi connectivity index (χ2n) is 7.37. The number of benzene rings is 1. The molecular weight excluding hydrogens is 360 g/mol. The van der Waals surface area contributed by atoms with Gasteiger partial charge in [0.2, 0.25) is 5.91 Å². The molecule has 0 saturated heterocycles. The second-order valence-corrected chi connectivity index (χ2v) is 7.37. The third-order valence-electron chi connectivity index (χ3n) is 5.13. The molecule has 148 valence electrons. The van der Waals surface area contributed by atoms with Gasteiger partial charge in [0.25, 0.3) is 0 Å². The van der Waals surface area contributed by atoms with E-state index >= 15 is 0 Å². The van der Waals surface area contributed by atoms with Crippen molar-refractivity contribution in [2.24, 2.45) is 0 Å². The fraction of sp³-hybridized carbons (Fsp3) is 0.381. The Kier molecular flexibility index (Phi) is 5.27. The first-order valence-electron chi connectivity index (χ1n) is 9.25. The van der Waals surface area contributed by atoms with Crippen LogP contribution in [0.4, 0.5) is 10.5 Å². The van der Waals surface area contributed by atoms with Crippen LogP contribution in [-0.4, -0.2) is 40.4 Å². The summed E-state index contributed by atoms with van der Waals surface area (Å²) < 4.78 is 5.52. The molecule has 0 saturated carbocycles. The van der Waals surface area contributed by atoms with Gasteiger partial charge in [-0.25, -0.2) is 4.79 Å². The third-order valence-corrected chi connectivity index (χ3v) is 5.13. The van der Waals surface area contributed by atoms with E-state index in [-0.39, 0.29) is 23.8 Å². The average Bonchev–Trinajstić information content (AvgIpc) is 3.09. The standard InChI is InChI=1S/C21H24N2O5/c1-12(2)22(21(26)27)19-9-13(3)23(14(4)25)18-7-5-15(10-17(18)19)20-8-6-16(11-24)28-20/h5-8,10-13,19H,9H2,1-4H3,(H,26,27). The van der Waals surface area contributed by atoms with Crippen molar-refractivity contribution in [2.45, 2.75) is 52.2 Å². The van der Waals surface area contributed by atoms with Gasteiger partial charge >= 0.3 is 6.09 Å². The van der Waals surface area contributed by atoms with Crippen molar-refractivity contribution in [3.63, 3.8) is 0 Å². The van der Waals surface area contributed by atoms with Gasteiger partial charge in [-0.3, -0.25) is 14.5 Å². The number of carboxylic acid groups (broad SMARTS) is 1. The monoisotopic (exact) mass is 384 g/mol. The predicted molar refractivity (Wildman–Crippen MR) is 105 cm³/mol. The van der Waals surface area contributed by atoms with Crippen molar-refractivity contribution < 1.29 is 23.9 Å². The molecule has 2 unspecified atom stereocenters. The summed E-state index contributed by atoms with van der Waals surface area (Å²) in [5, 5.41) is 9.79. The lowest BCUT2D eigenvalue weighted by Crippen LogP contribution is -2.48. The van der Waals surface area contributed by atoms with Crippen LogP contribution in [0.15, 0.2) is 34.7 Å². The Morgan fingerprint density at radius 3 is 2.54 bits per heavy atom. The first-order valence-corrected chi connectivity index (χ1v) is 9.25. The molecule has 2 atom stereocenters. The van der Waals surface area contributed by atoms with Crippen LogP contribution in [0.25, 0.3) is 11.3 Å². The summed E-state index contributed by atoms with van der Waals surface area (Å²) in [5.74, 6) is 0.647. The first kappa shape index (κ1) is 19.7. The van der Waals surface area contributed by atoms with E-state index < -0.39 is 12.1 Å². The largest absolute Gasteiger partial charge is 0.465 e. The van der Waals surface area contributed by atoms with Crippen LogP contribution in [0.2, 0.25) is 0 Å². The Balaban J connectivity index is 2.17. The molecule has 7 nitrogen and oxygen atoms in total. The molecule has 2 heterocycles. The summed E-state index contributed by atoms with van der Waals surface area (Å²) in [6.07, 6.45) is 0.133. The first-order chi connectivity index (χ1) is 13.2. The van der Waals surface area contributed by atoms with Crippen LogP contribution < -0.4 is 4.90 Å². The molecule has 1 aromatic heterocycles. The summed E-state index contributed by atoms with van der Waals surface area (Å²) in [6.45, 7) is 7.11. The lowest BCUT2D eigenvalue weighted by molar-refractivity contribution is -0.117. The Hall–Kier alpha value is -3.09. The maximum absolute atomic E-state index is 12.3. The molecule has 0 radical (unpaired) electrons. The van der Waals surface area contributed by atoms with Crippen molar-refractivity contribution >= 4 is 24.0 Å². The van der Waals surface area contributed by atoms with E-state index in [1.807, 2.05) is 39.0 Å². The maximum Gasteiger partial charge on any atom is 0.408 e. The molecule has 7 heteroatoms. The van der Waals surface area contributed by atoms with E-state index in [9.17, 15) is 19.5 Å². The number of rotatable bonds is 4. The number of anilines is 1. The van der Waals surface area contributed by atoms with Crippen molar-refractivity contribution in [2.75, 3.05) is 4.90 Å². The molecule has 2 amide bonds. The van der Waals surface area contributed by atoms with Crippen LogP contribution in [0, 0.1) is 0 Å². The van der Waals surface area contributed by atoms with Gasteiger partial charge in [-0.15, -0.1) is 0 Å². The predicted octanol–water partition coefficient (Wildman–Crippen LogP) is 4.33. The zero-order chi connectivity index (χ0) is 20.6. The number of fused-ring (bicyclic) bond motifs is 1. The molecule has 0 bridgehead atoms. The molecule has 3 rings (SSSR count). The Morgan fingerprint density at radius 2 is 2.00 bits per heavy atom. The smallest absolute Gasteiger partial charge is 0.408 e. The van der Waals surface area contributed by atoms with E-state index in [1.165, 1.54) is 11.8 Å². The number of carbonyl (C=O) groups excluding carboxylic acids is 2. The molecule has 2 aromatic rings. The zero-order valence-electron chi connectivity index (χ0n) is 16.4. The Labute approximate surface area is 163 Å². The third kappa shape index (κ3) is 3.40. The number of carbonyl (C=O) groups is 3. The van der Waals surface area contributed by atoms with Crippen LogP contribution in [0.3, 0.4) is 0 Å². The molecule has 1 aromatic carbocycles. The van der Waals surface area contributed by atoms with Gasteiger partial charge in [0, 0.05) is 30.3 Å². The highest BCUT2D eigenvalue weighted by Gasteiger charge is 2.38. The lowest BCUT2D eigenvalue weighted by Gasteiger charge is -2.43. The molecular formula is C21H24N2O5. The zero-order valence-corrected chi connectivity index (χ0v) is 16.4. The minimum Gasteiger partial charge on any atom is -0.465 e. The van der Waals surface area contributed by atoms with Crippen LogP contribution in [0.5, 0.6) is 0 Å². The van der Waals surface area contributed by atoms with Crippen LogP contribution in [-0.2, 0) is 4.79 Å². The van der Waals surface area contributed by atoms with Crippen LogP contribution >= 0.6 is 0 Å². The number of aldehydes is 1. The number of nitrogens with zero attached hydrogens (tertiary/aromatic N) is 2. The summed E-state index contributed by atoms with van der Waals surface area (Å²) in [5.41, 5.74) is 2.18. The molecule has 1 aliphatic heterocycles. The molecule has 1 N–H and O–H groups in total. The van der Waals surface area contributed by atoms with Gasteiger partial charge in [0.1, 0.15) is 5.76 Å². The summed E-state index contributed by atoms with van der Waals surface area (Å²) in [7, 11) is 0. The van der Waals surface area contributed by atoms with Gasteiger partial charge < -0.3 is 14.4 Å². The molecule has 0 spiro atoms. The topological polar surface area (TPSA) is 91.1 Å². The Bertz CT molecular complexity index is 917. The molecule has 0 aliphatic carbocycles. The van der Waals surface area contributed by atoms with E-state index in [0.29, 0.717) is 24.2 Å². The highest BCUT2D eigenvalue weighted by molar-refractivity contribution is 5.94. The maximum atomic E-state index is 12.3. The van der Waals surface area contributed by atoms with Crippen molar-refractivity contribution in [1.29, 1.82) is 0 Å². The summed E-state index contributed by atoms with van der Waals surface area (Å²) >= 11 is 0. The average molecular weight is 384 g/mol. The van der Waals surface area contributed by atoms with Gasteiger partial charge in [-0.1, -0.05) is 0 Å². The summed E-state index contributed by atoms with van der Waals surface area (Å²) in [4.78, 5) is 38.3. The fourth-order valence-electron chi connectivity index (χ4n) is 4.02. The minimum atomic E-state index is -0.999. The van der Waals surface area contributed by atoms with E-state index in [1.54, 1.807) is 17.0 Å². The SMILES string of the molecule is CC(=O)N1c2ccc(-c3ccc(C=O)o3)cc2C(N(C(=O)O)C(C)C)CC1C. The van der Waals surface area contributed by atoms with E-state index in [0.717, 1.165) is 11.1 Å². The fourth-order valence-corrected chi connectivity index (χ4v) is 4.02. The number of hydrogen-bond acceptors (Lipinski definition) is 4. The van der Waals surface area contributed by atoms with Gasteiger partial charge in [-0.05, 0) is 63.1 Å². The normalized spacial score (nSPS) is 18.7. The minimum absolute atomic E-state index is 0.0902. The molecule has 28 heavy (non-hydrogen) atoms. The van der Waals surface area contributed by atoms with Gasteiger partial charge in [-0.2, -0.15) is 0 Å². The van der Waals surface area contributed by atoms with Crippen molar-refractivity contribution in [3.05, 3.63) is 41.7 Å². The quantitative estimate of drug-likeness (QED) is 0.792. The number of hydrogen-bond donors (Lipinski definition) is 1. The lowest BCUT2D eigenvalue weighted by atomic mass is 9.88. The van der Waals surface area contributed by atoms with E-state index in [2.05, 4.69) is 0 Å².